The number of hydrogen-bond donors (Lipinski definition) is 1. The molecule has 0 aliphatic heterocycles. The third-order valence-electron chi connectivity index (χ3n) is 2.24. The summed E-state index contributed by atoms with van der Waals surface area (Å²) in [7, 11) is 1.51. The van der Waals surface area contributed by atoms with Crippen LogP contribution in [-0.2, 0) is 4.74 Å². The van der Waals surface area contributed by atoms with Crippen LogP contribution in [0.15, 0.2) is 16.6 Å². The molecule has 1 atom stereocenters. The minimum absolute atomic E-state index is 0.0789. The molecule has 0 aliphatic carbocycles. The van der Waals surface area contributed by atoms with Crippen molar-refractivity contribution in [2.45, 2.75) is 13.0 Å². The predicted octanol–water partition coefficient (Wildman–Crippen LogP) is 2.44. The summed E-state index contributed by atoms with van der Waals surface area (Å²) < 4.78 is 10.7. The average Bonchev–Trinajstić information content (AvgIpc) is 2.30. The third kappa shape index (κ3) is 3.66. The normalized spacial score (nSPS) is 12.2. The number of nitro groups is 1. The van der Waals surface area contributed by atoms with Gasteiger partial charge in [-0.15, -0.1) is 0 Å². The number of aliphatic hydroxyl groups excluding tert-OH is 1. The fourth-order valence-electron chi connectivity index (χ4n) is 1.43. The number of nitro benzene ring substituents is 1. The maximum Gasteiger partial charge on any atom is 0.312 e. The highest BCUT2D eigenvalue weighted by Gasteiger charge is 2.23. The Hall–Kier alpha value is -1.18. The molecule has 0 aliphatic rings. The van der Waals surface area contributed by atoms with Gasteiger partial charge in [-0.2, -0.15) is 0 Å². The molecule has 7 heteroatoms. The van der Waals surface area contributed by atoms with Crippen molar-refractivity contribution in [2.75, 3.05) is 20.3 Å². The van der Waals surface area contributed by atoms with Crippen LogP contribution < -0.4 is 4.74 Å². The molecule has 0 fully saturated rings. The highest BCUT2D eigenvalue weighted by molar-refractivity contribution is 9.10. The van der Waals surface area contributed by atoms with E-state index in [1.807, 2.05) is 0 Å². The maximum absolute atomic E-state index is 11.0. The zero-order valence-corrected chi connectivity index (χ0v) is 11.6. The van der Waals surface area contributed by atoms with E-state index in [9.17, 15) is 15.2 Å². The zero-order valence-electron chi connectivity index (χ0n) is 10.1. The van der Waals surface area contributed by atoms with Crippen molar-refractivity contribution < 1.29 is 19.5 Å². The molecule has 1 aromatic carbocycles. The van der Waals surface area contributed by atoms with Gasteiger partial charge in [-0.25, -0.2) is 0 Å². The first-order valence-electron chi connectivity index (χ1n) is 5.25. The Morgan fingerprint density at radius 3 is 2.67 bits per heavy atom. The van der Waals surface area contributed by atoms with Gasteiger partial charge in [0.2, 0.25) is 5.75 Å². The van der Waals surface area contributed by atoms with Crippen LogP contribution in [0.5, 0.6) is 5.75 Å². The van der Waals surface area contributed by atoms with E-state index < -0.39 is 11.0 Å². The maximum atomic E-state index is 11.0. The van der Waals surface area contributed by atoms with Gasteiger partial charge in [0.15, 0.2) is 0 Å². The van der Waals surface area contributed by atoms with Gasteiger partial charge in [0, 0.05) is 23.2 Å². The number of hydrogen-bond acceptors (Lipinski definition) is 5. The largest absolute Gasteiger partial charge is 0.484 e. The molecule has 0 unspecified atom stereocenters. The molecule has 0 amide bonds. The summed E-state index contributed by atoms with van der Waals surface area (Å²) in [6, 6.07) is 2.94. The van der Waals surface area contributed by atoms with Crippen molar-refractivity contribution in [2.24, 2.45) is 0 Å². The van der Waals surface area contributed by atoms with Gasteiger partial charge in [-0.3, -0.25) is 10.1 Å². The first-order valence-corrected chi connectivity index (χ1v) is 6.04. The Bertz CT molecular complexity index is 436. The number of halogens is 1. The Morgan fingerprint density at radius 1 is 1.50 bits per heavy atom. The van der Waals surface area contributed by atoms with E-state index in [4.69, 9.17) is 9.47 Å². The summed E-state index contributed by atoms with van der Waals surface area (Å²) in [4.78, 5) is 10.4. The van der Waals surface area contributed by atoms with Crippen LogP contribution >= 0.6 is 15.9 Å². The minimum Gasteiger partial charge on any atom is -0.484 e. The lowest BCUT2D eigenvalue weighted by molar-refractivity contribution is -0.386. The van der Waals surface area contributed by atoms with Crippen molar-refractivity contribution in [1.82, 2.24) is 0 Å². The van der Waals surface area contributed by atoms with E-state index in [0.29, 0.717) is 16.6 Å². The van der Waals surface area contributed by atoms with Gasteiger partial charge in [-0.1, -0.05) is 15.9 Å². The van der Waals surface area contributed by atoms with Crippen molar-refractivity contribution in [3.8, 4) is 5.75 Å². The van der Waals surface area contributed by atoms with Crippen molar-refractivity contribution >= 4 is 21.6 Å². The first kappa shape index (κ1) is 14.9. The SMILES string of the molecule is COCCOc1c([C@H](C)O)cc(Br)cc1[N+](=O)[O-]. The van der Waals surface area contributed by atoms with Gasteiger partial charge in [0.1, 0.15) is 6.61 Å². The van der Waals surface area contributed by atoms with E-state index >= 15 is 0 Å². The Morgan fingerprint density at radius 2 is 2.17 bits per heavy atom. The molecule has 18 heavy (non-hydrogen) atoms. The van der Waals surface area contributed by atoms with Crippen LogP contribution in [-0.4, -0.2) is 30.4 Å². The number of aliphatic hydroxyl groups is 1. The number of methoxy groups -OCH3 is 1. The molecular formula is C11H14BrNO5. The molecule has 0 heterocycles. The molecule has 0 bridgehead atoms. The molecule has 0 radical (unpaired) electrons. The van der Waals surface area contributed by atoms with Gasteiger partial charge < -0.3 is 14.6 Å². The van der Waals surface area contributed by atoms with Crippen LogP contribution in [0.3, 0.4) is 0 Å². The van der Waals surface area contributed by atoms with E-state index in [0.717, 1.165) is 0 Å². The molecule has 0 spiro atoms. The van der Waals surface area contributed by atoms with Gasteiger partial charge in [0.05, 0.1) is 17.6 Å². The zero-order chi connectivity index (χ0) is 13.7. The van der Waals surface area contributed by atoms with Crippen LogP contribution in [0.25, 0.3) is 0 Å². The molecule has 0 saturated carbocycles. The van der Waals surface area contributed by atoms with E-state index in [1.54, 1.807) is 6.07 Å². The standard InChI is InChI=1S/C11H14BrNO5/c1-7(14)9-5-8(12)6-10(13(15)16)11(9)18-4-3-17-2/h5-7,14H,3-4H2,1-2H3/t7-/m0/s1. The fraction of sp³-hybridized carbons (Fsp3) is 0.455. The van der Waals surface area contributed by atoms with E-state index in [-0.39, 0.29) is 18.0 Å². The van der Waals surface area contributed by atoms with Crippen molar-refractivity contribution in [3.05, 3.63) is 32.3 Å². The fourth-order valence-corrected chi connectivity index (χ4v) is 1.89. The van der Waals surface area contributed by atoms with Crippen LogP contribution in [0.1, 0.15) is 18.6 Å². The van der Waals surface area contributed by atoms with Crippen LogP contribution in [0.2, 0.25) is 0 Å². The predicted molar refractivity (Wildman–Crippen MR) is 68.8 cm³/mol. The molecule has 1 N–H and O–H groups in total. The molecular weight excluding hydrogens is 306 g/mol. The van der Waals surface area contributed by atoms with Crippen molar-refractivity contribution in [3.63, 3.8) is 0 Å². The summed E-state index contributed by atoms with van der Waals surface area (Å²) in [5.74, 6) is 0.0789. The average molecular weight is 320 g/mol. The van der Waals surface area contributed by atoms with Gasteiger partial charge in [-0.05, 0) is 13.0 Å². The number of rotatable bonds is 6. The topological polar surface area (TPSA) is 81.8 Å². The third-order valence-corrected chi connectivity index (χ3v) is 2.70. The quantitative estimate of drug-likeness (QED) is 0.494. The monoisotopic (exact) mass is 319 g/mol. The molecule has 1 aromatic rings. The lowest BCUT2D eigenvalue weighted by atomic mass is 10.1. The van der Waals surface area contributed by atoms with Crippen molar-refractivity contribution in [1.29, 1.82) is 0 Å². The summed E-state index contributed by atoms with van der Waals surface area (Å²) >= 11 is 3.17. The molecule has 1 rings (SSSR count). The number of nitrogens with zero attached hydrogens (tertiary/aromatic N) is 1. The second-order valence-corrected chi connectivity index (χ2v) is 4.53. The number of ether oxygens (including phenoxy) is 2. The van der Waals surface area contributed by atoms with E-state index in [2.05, 4.69) is 15.9 Å². The van der Waals surface area contributed by atoms with Gasteiger partial charge in [0.25, 0.3) is 0 Å². The summed E-state index contributed by atoms with van der Waals surface area (Å²) in [6.07, 6.45) is -0.862. The molecule has 6 nitrogen and oxygen atoms in total. The summed E-state index contributed by atoms with van der Waals surface area (Å²) in [5, 5.41) is 20.6. The highest BCUT2D eigenvalue weighted by atomic mass is 79.9. The van der Waals surface area contributed by atoms with Crippen LogP contribution in [0.4, 0.5) is 5.69 Å². The van der Waals surface area contributed by atoms with Gasteiger partial charge >= 0.3 is 5.69 Å². The Balaban J connectivity index is 3.18. The second kappa shape index (κ2) is 6.67. The summed E-state index contributed by atoms with van der Waals surface area (Å²) in [5.41, 5.74) is 0.184. The molecule has 100 valence electrons. The highest BCUT2D eigenvalue weighted by Crippen LogP contribution is 2.37. The second-order valence-electron chi connectivity index (χ2n) is 3.62. The Labute approximate surface area is 113 Å². The minimum atomic E-state index is -0.862. The van der Waals surface area contributed by atoms with E-state index in [1.165, 1.54) is 20.1 Å². The van der Waals surface area contributed by atoms with Crippen LogP contribution in [0, 0.1) is 10.1 Å². The Kier molecular flexibility index (Phi) is 5.52. The molecule has 0 aromatic heterocycles. The lowest BCUT2D eigenvalue weighted by Gasteiger charge is -2.14. The first-order chi connectivity index (χ1) is 8.47. The lowest BCUT2D eigenvalue weighted by Crippen LogP contribution is -2.09. The number of benzene rings is 1. The molecule has 0 saturated heterocycles. The smallest absolute Gasteiger partial charge is 0.312 e. The summed E-state index contributed by atoms with van der Waals surface area (Å²) in [6.45, 7) is 2.01.